The smallest absolute Gasteiger partial charge is 0.163 e. The Hall–Kier alpha value is -0.670. The minimum atomic E-state index is -0.236. The Labute approximate surface area is 73.2 Å². The van der Waals surface area contributed by atoms with Crippen LogP contribution < -0.4 is 5.73 Å². The summed E-state index contributed by atoms with van der Waals surface area (Å²) in [6.07, 6.45) is 3.66. The predicted octanol–water partition coefficient (Wildman–Crippen LogP) is 0.165. The highest BCUT2D eigenvalue weighted by atomic mass is 16.1. The van der Waals surface area contributed by atoms with Gasteiger partial charge in [-0.05, 0) is 19.4 Å². The summed E-state index contributed by atoms with van der Waals surface area (Å²) in [4.78, 5) is 13.4. The van der Waals surface area contributed by atoms with Gasteiger partial charge in [-0.2, -0.15) is 0 Å². The van der Waals surface area contributed by atoms with Crippen molar-refractivity contribution in [3.05, 3.63) is 12.7 Å². The molecule has 0 spiro atoms. The molecular formula is C9H16N2O. The highest BCUT2D eigenvalue weighted by molar-refractivity contribution is 5.85. The Morgan fingerprint density at radius 1 is 1.75 bits per heavy atom. The van der Waals surface area contributed by atoms with Gasteiger partial charge in [0.15, 0.2) is 5.78 Å². The molecule has 2 N–H and O–H groups in total. The molecular weight excluding hydrogens is 152 g/mol. The van der Waals surface area contributed by atoms with Gasteiger partial charge in [0, 0.05) is 6.54 Å². The first-order chi connectivity index (χ1) is 5.74. The second-order valence-electron chi connectivity index (χ2n) is 3.24. The number of carbonyl (C=O) groups excluding carboxylic acids is 1. The number of rotatable bonds is 2. The molecule has 0 aromatic heterocycles. The van der Waals surface area contributed by atoms with Gasteiger partial charge in [-0.1, -0.05) is 6.08 Å². The van der Waals surface area contributed by atoms with Gasteiger partial charge in [-0.25, -0.2) is 0 Å². The Balaban J connectivity index is 2.47. The summed E-state index contributed by atoms with van der Waals surface area (Å²) < 4.78 is 0. The molecule has 1 rings (SSSR count). The number of nitrogens with zero attached hydrogens (tertiary/aromatic N) is 1. The van der Waals surface area contributed by atoms with E-state index in [0.717, 1.165) is 25.9 Å². The van der Waals surface area contributed by atoms with Gasteiger partial charge in [0.25, 0.3) is 0 Å². The molecule has 0 aromatic rings. The van der Waals surface area contributed by atoms with Crippen LogP contribution in [0.5, 0.6) is 0 Å². The van der Waals surface area contributed by atoms with Gasteiger partial charge in [0.2, 0.25) is 0 Å². The molecule has 3 nitrogen and oxygen atoms in total. The number of hydrogen-bond donors (Lipinski definition) is 1. The van der Waals surface area contributed by atoms with E-state index in [1.54, 1.807) is 0 Å². The third kappa shape index (κ3) is 2.43. The second kappa shape index (κ2) is 4.38. The highest BCUT2D eigenvalue weighted by Gasteiger charge is 2.20. The van der Waals surface area contributed by atoms with E-state index in [-0.39, 0.29) is 11.8 Å². The lowest BCUT2D eigenvalue weighted by Crippen LogP contribution is -2.36. The first kappa shape index (κ1) is 9.42. The van der Waals surface area contributed by atoms with Crippen LogP contribution in [0.3, 0.4) is 0 Å². The van der Waals surface area contributed by atoms with Gasteiger partial charge in [-0.3, -0.25) is 9.69 Å². The van der Waals surface area contributed by atoms with Crippen molar-refractivity contribution < 1.29 is 4.79 Å². The van der Waals surface area contributed by atoms with Crippen molar-refractivity contribution in [1.29, 1.82) is 0 Å². The molecule has 1 fully saturated rings. The Morgan fingerprint density at radius 2 is 2.50 bits per heavy atom. The van der Waals surface area contributed by atoms with E-state index < -0.39 is 0 Å². The SMILES string of the molecule is C=CCN1CCCC(N)C(=O)C1. The van der Waals surface area contributed by atoms with Crippen molar-refractivity contribution in [2.45, 2.75) is 18.9 Å². The third-order valence-corrected chi connectivity index (χ3v) is 2.17. The first-order valence-corrected chi connectivity index (χ1v) is 4.35. The maximum absolute atomic E-state index is 11.3. The lowest BCUT2D eigenvalue weighted by Gasteiger charge is -2.15. The maximum Gasteiger partial charge on any atom is 0.163 e. The summed E-state index contributed by atoms with van der Waals surface area (Å²) in [6.45, 7) is 5.89. The van der Waals surface area contributed by atoms with Gasteiger partial charge < -0.3 is 5.73 Å². The molecule has 68 valence electrons. The van der Waals surface area contributed by atoms with Gasteiger partial charge in [0.05, 0.1) is 12.6 Å². The van der Waals surface area contributed by atoms with Crippen LogP contribution in [0.2, 0.25) is 0 Å². The monoisotopic (exact) mass is 168 g/mol. The summed E-state index contributed by atoms with van der Waals surface area (Å²) in [5.74, 6) is 0.161. The minimum absolute atomic E-state index is 0.161. The van der Waals surface area contributed by atoms with Crippen molar-refractivity contribution >= 4 is 5.78 Å². The Morgan fingerprint density at radius 3 is 3.17 bits per heavy atom. The highest BCUT2D eigenvalue weighted by Crippen LogP contribution is 2.05. The number of likely N-dealkylation sites (tertiary alicyclic amines) is 1. The Bertz CT molecular complexity index is 179. The summed E-state index contributed by atoms with van der Waals surface area (Å²) in [5, 5.41) is 0. The quantitative estimate of drug-likeness (QED) is 0.598. The molecule has 1 aliphatic rings. The summed E-state index contributed by atoms with van der Waals surface area (Å²) in [7, 11) is 0. The third-order valence-electron chi connectivity index (χ3n) is 2.17. The molecule has 0 aromatic carbocycles. The second-order valence-corrected chi connectivity index (χ2v) is 3.24. The van der Waals surface area contributed by atoms with Crippen LogP contribution >= 0.6 is 0 Å². The molecule has 0 radical (unpaired) electrons. The van der Waals surface area contributed by atoms with Crippen LogP contribution in [-0.4, -0.2) is 36.4 Å². The van der Waals surface area contributed by atoms with E-state index in [0.29, 0.717) is 6.54 Å². The van der Waals surface area contributed by atoms with E-state index in [1.165, 1.54) is 0 Å². The average molecular weight is 168 g/mol. The molecule has 0 aliphatic carbocycles. The van der Waals surface area contributed by atoms with Crippen molar-refractivity contribution in [3.8, 4) is 0 Å². The van der Waals surface area contributed by atoms with E-state index in [2.05, 4.69) is 11.5 Å². The fourth-order valence-electron chi connectivity index (χ4n) is 1.45. The molecule has 1 atom stereocenters. The molecule has 3 heteroatoms. The molecule has 12 heavy (non-hydrogen) atoms. The van der Waals surface area contributed by atoms with Crippen molar-refractivity contribution in [1.82, 2.24) is 4.90 Å². The number of ketones is 1. The zero-order valence-electron chi connectivity index (χ0n) is 7.33. The Kier molecular flexibility index (Phi) is 3.44. The van der Waals surface area contributed by atoms with E-state index >= 15 is 0 Å². The van der Waals surface area contributed by atoms with E-state index in [9.17, 15) is 4.79 Å². The molecule has 1 saturated heterocycles. The number of carbonyl (C=O) groups is 1. The average Bonchev–Trinajstić information content (AvgIpc) is 2.16. The van der Waals surface area contributed by atoms with Crippen molar-refractivity contribution in [2.75, 3.05) is 19.6 Å². The molecule has 1 heterocycles. The van der Waals surface area contributed by atoms with Crippen molar-refractivity contribution in [2.24, 2.45) is 5.73 Å². The summed E-state index contributed by atoms with van der Waals surface area (Å²) in [5.41, 5.74) is 5.63. The standard InChI is InChI=1S/C9H16N2O/c1-2-5-11-6-3-4-8(10)9(12)7-11/h2,8H,1,3-7,10H2. The van der Waals surface area contributed by atoms with Gasteiger partial charge in [0.1, 0.15) is 0 Å². The first-order valence-electron chi connectivity index (χ1n) is 4.35. The topological polar surface area (TPSA) is 46.3 Å². The zero-order chi connectivity index (χ0) is 8.97. The molecule has 0 saturated carbocycles. The van der Waals surface area contributed by atoms with Gasteiger partial charge in [-0.15, -0.1) is 6.58 Å². The zero-order valence-corrected chi connectivity index (χ0v) is 7.33. The summed E-state index contributed by atoms with van der Waals surface area (Å²) in [6, 6.07) is -0.236. The maximum atomic E-state index is 11.3. The molecule has 1 aliphatic heterocycles. The number of hydrogen-bond acceptors (Lipinski definition) is 3. The largest absolute Gasteiger partial charge is 0.321 e. The van der Waals surface area contributed by atoms with E-state index in [1.807, 2.05) is 6.08 Å². The van der Waals surface area contributed by atoms with Crippen LogP contribution in [-0.2, 0) is 4.79 Å². The number of nitrogens with two attached hydrogens (primary N) is 1. The minimum Gasteiger partial charge on any atom is -0.321 e. The lowest BCUT2D eigenvalue weighted by atomic mass is 10.1. The van der Waals surface area contributed by atoms with Crippen LogP contribution in [0.1, 0.15) is 12.8 Å². The normalized spacial score (nSPS) is 26.8. The van der Waals surface area contributed by atoms with E-state index in [4.69, 9.17) is 5.73 Å². The van der Waals surface area contributed by atoms with Crippen LogP contribution in [0, 0.1) is 0 Å². The van der Waals surface area contributed by atoms with Gasteiger partial charge >= 0.3 is 0 Å². The summed E-state index contributed by atoms with van der Waals surface area (Å²) >= 11 is 0. The fourth-order valence-corrected chi connectivity index (χ4v) is 1.45. The van der Waals surface area contributed by atoms with Crippen LogP contribution in [0.25, 0.3) is 0 Å². The molecule has 1 unspecified atom stereocenters. The van der Waals surface area contributed by atoms with Crippen LogP contribution in [0.15, 0.2) is 12.7 Å². The fraction of sp³-hybridized carbons (Fsp3) is 0.667. The molecule has 0 bridgehead atoms. The van der Waals surface area contributed by atoms with Crippen LogP contribution in [0.4, 0.5) is 0 Å². The predicted molar refractivity (Wildman–Crippen MR) is 48.9 cm³/mol. The van der Waals surface area contributed by atoms with Crippen molar-refractivity contribution in [3.63, 3.8) is 0 Å². The number of Topliss-reactive ketones (excluding diaryl/α,β-unsaturated/α-hetero) is 1. The lowest BCUT2D eigenvalue weighted by molar-refractivity contribution is -0.120. The molecule has 0 amide bonds.